The van der Waals surface area contributed by atoms with E-state index in [0.29, 0.717) is 11.4 Å². The summed E-state index contributed by atoms with van der Waals surface area (Å²) in [4.78, 5) is 27.4. The number of hydrogen-bond acceptors (Lipinski definition) is 4. The van der Waals surface area contributed by atoms with Gasteiger partial charge >= 0.3 is 0 Å². The zero-order valence-corrected chi connectivity index (χ0v) is 15.9. The standard InChI is InChI=1S/C16H20FN5O2.2ClH/c1-10(2)15(18)16(24)20-8-14(23)21-11-3-4-13(12(17)7-11)22-6-5-19-9-22;;/h3-7,9-10,15H,8,18H2,1-2H3,(H,20,24)(H,21,23);2*1H/t15-;;/m0../s1. The molecule has 1 atom stereocenters. The molecule has 10 heteroatoms. The van der Waals surface area contributed by atoms with Gasteiger partial charge < -0.3 is 20.9 Å². The molecule has 0 spiro atoms. The Kier molecular flexibility index (Phi) is 9.85. The maximum absolute atomic E-state index is 14.1. The monoisotopic (exact) mass is 405 g/mol. The van der Waals surface area contributed by atoms with Crippen LogP contribution in [0.4, 0.5) is 10.1 Å². The number of nitrogens with two attached hydrogens (primary N) is 1. The van der Waals surface area contributed by atoms with E-state index < -0.39 is 23.7 Å². The first-order chi connectivity index (χ1) is 11.4. The number of carbonyl (C=O) groups is 2. The Bertz CT molecular complexity index is 725. The molecule has 0 saturated carbocycles. The molecule has 2 amide bonds. The molecule has 0 aliphatic rings. The highest BCUT2D eigenvalue weighted by molar-refractivity contribution is 5.95. The summed E-state index contributed by atoms with van der Waals surface area (Å²) in [5.74, 6) is -1.40. The summed E-state index contributed by atoms with van der Waals surface area (Å²) >= 11 is 0. The first kappa shape index (κ1) is 23.8. The molecule has 0 aliphatic heterocycles. The molecule has 1 aromatic heterocycles. The predicted molar refractivity (Wildman–Crippen MR) is 102 cm³/mol. The molecule has 2 rings (SSSR count). The molecule has 144 valence electrons. The normalized spacial score (nSPS) is 11.1. The van der Waals surface area contributed by atoms with Gasteiger partial charge in [-0.3, -0.25) is 9.59 Å². The van der Waals surface area contributed by atoms with Gasteiger partial charge in [0.2, 0.25) is 11.8 Å². The van der Waals surface area contributed by atoms with Crippen molar-refractivity contribution in [3.05, 3.63) is 42.7 Å². The van der Waals surface area contributed by atoms with Crippen molar-refractivity contribution < 1.29 is 14.0 Å². The van der Waals surface area contributed by atoms with Crippen molar-refractivity contribution in [1.82, 2.24) is 14.9 Å². The number of hydrogen-bond donors (Lipinski definition) is 3. The molecule has 4 N–H and O–H groups in total. The molecular weight excluding hydrogens is 384 g/mol. The molecule has 0 bridgehead atoms. The lowest BCUT2D eigenvalue weighted by Crippen LogP contribution is -2.46. The Morgan fingerprint density at radius 1 is 1.31 bits per heavy atom. The van der Waals surface area contributed by atoms with Crippen molar-refractivity contribution in [3.63, 3.8) is 0 Å². The minimum atomic E-state index is -0.676. The largest absolute Gasteiger partial charge is 0.346 e. The molecule has 26 heavy (non-hydrogen) atoms. The summed E-state index contributed by atoms with van der Waals surface area (Å²) in [5.41, 5.74) is 6.30. The maximum Gasteiger partial charge on any atom is 0.243 e. The third-order valence-electron chi connectivity index (χ3n) is 3.46. The highest BCUT2D eigenvalue weighted by Crippen LogP contribution is 2.17. The van der Waals surface area contributed by atoms with E-state index in [1.54, 1.807) is 18.5 Å². The summed E-state index contributed by atoms with van der Waals surface area (Å²) < 4.78 is 15.6. The van der Waals surface area contributed by atoms with Crippen LogP contribution in [0.25, 0.3) is 5.69 Å². The van der Waals surface area contributed by atoms with Gasteiger partial charge in [-0.05, 0) is 24.1 Å². The molecule has 7 nitrogen and oxygen atoms in total. The molecule has 0 saturated heterocycles. The molecule has 0 radical (unpaired) electrons. The van der Waals surface area contributed by atoms with E-state index in [9.17, 15) is 14.0 Å². The van der Waals surface area contributed by atoms with Crippen LogP contribution in [0.5, 0.6) is 0 Å². The van der Waals surface area contributed by atoms with Gasteiger partial charge in [0.25, 0.3) is 0 Å². The van der Waals surface area contributed by atoms with Gasteiger partial charge in [-0.1, -0.05) is 13.8 Å². The highest BCUT2D eigenvalue weighted by atomic mass is 35.5. The SMILES string of the molecule is CC(C)[C@H](N)C(=O)NCC(=O)Nc1ccc(-n2ccnc2)c(F)c1.Cl.Cl. The Hall–Kier alpha value is -2.16. The number of carbonyl (C=O) groups excluding carboxylic acids is 2. The molecule has 0 aliphatic carbocycles. The van der Waals surface area contributed by atoms with Crippen LogP contribution in [0.3, 0.4) is 0 Å². The number of nitrogens with one attached hydrogen (secondary N) is 2. The number of amides is 2. The number of anilines is 1. The van der Waals surface area contributed by atoms with Gasteiger partial charge in [-0.2, -0.15) is 0 Å². The van der Waals surface area contributed by atoms with Crippen LogP contribution < -0.4 is 16.4 Å². The molecular formula is C16H22Cl2FN5O2. The molecule has 0 fully saturated rings. The molecule has 1 heterocycles. The summed E-state index contributed by atoms with van der Waals surface area (Å²) in [6.45, 7) is 3.40. The smallest absolute Gasteiger partial charge is 0.243 e. The Morgan fingerprint density at radius 3 is 2.54 bits per heavy atom. The lowest BCUT2D eigenvalue weighted by atomic mass is 10.1. The van der Waals surface area contributed by atoms with Crippen molar-refractivity contribution >= 4 is 42.3 Å². The van der Waals surface area contributed by atoms with Crippen molar-refractivity contribution in [3.8, 4) is 5.69 Å². The van der Waals surface area contributed by atoms with Crippen molar-refractivity contribution in [2.45, 2.75) is 19.9 Å². The summed E-state index contributed by atoms with van der Waals surface area (Å²) in [6.07, 6.45) is 4.63. The molecule has 1 aromatic carbocycles. The van der Waals surface area contributed by atoms with Crippen LogP contribution in [0.15, 0.2) is 36.9 Å². The second-order valence-corrected chi connectivity index (χ2v) is 5.67. The predicted octanol–water partition coefficient (Wildman–Crippen LogP) is 1.89. The van der Waals surface area contributed by atoms with Gasteiger partial charge in [-0.15, -0.1) is 24.8 Å². The Morgan fingerprint density at radius 2 is 2.00 bits per heavy atom. The number of benzene rings is 1. The van der Waals surface area contributed by atoms with Gasteiger partial charge in [0, 0.05) is 18.1 Å². The van der Waals surface area contributed by atoms with Crippen LogP contribution >= 0.6 is 24.8 Å². The topological polar surface area (TPSA) is 102 Å². The summed E-state index contributed by atoms with van der Waals surface area (Å²) in [7, 11) is 0. The second kappa shape index (κ2) is 10.7. The van der Waals surface area contributed by atoms with Gasteiger partial charge in [0.15, 0.2) is 0 Å². The number of nitrogens with zero attached hydrogens (tertiary/aromatic N) is 2. The number of rotatable bonds is 6. The van der Waals surface area contributed by atoms with E-state index in [1.807, 2.05) is 13.8 Å². The third kappa shape index (κ3) is 6.29. The number of halogens is 3. The Labute approximate surface area is 163 Å². The van der Waals surface area contributed by atoms with Crippen LogP contribution in [0.1, 0.15) is 13.8 Å². The van der Waals surface area contributed by atoms with Crippen LogP contribution in [-0.4, -0.2) is 34.0 Å². The van der Waals surface area contributed by atoms with Crippen LogP contribution in [0, 0.1) is 11.7 Å². The fourth-order valence-electron chi connectivity index (χ4n) is 1.99. The lowest BCUT2D eigenvalue weighted by Gasteiger charge is -2.15. The quantitative estimate of drug-likeness (QED) is 0.682. The van der Waals surface area contributed by atoms with E-state index in [2.05, 4.69) is 15.6 Å². The second-order valence-electron chi connectivity index (χ2n) is 5.67. The maximum atomic E-state index is 14.1. The third-order valence-corrected chi connectivity index (χ3v) is 3.46. The first-order valence-electron chi connectivity index (χ1n) is 7.49. The van der Waals surface area contributed by atoms with E-state index in [-0.39, 0.29) is 37.3 Å². The van der Waals surface area contributed by atoms with Crippen molar-refractivity contribution in [2.75, 3.05) is 11.9 Å². The van der Waals surface area contributed by atoms with Crippen LogP contribution in [0.2, 0.25) is 0 Å². The zero-order valence-electron chi connectivity index (χ0n) is 14.3. The first-order valence-corrected chi connectivity index (χ1v) is 7.49. The van der Waals surface area contributed by atoms with Gasteiger partial charge in [0.1, 0.15) is 5.82 Å². The average molecular weight is 406 g/mol. The Balaban J connectivity index is 0.00000312. The van der Waals surface area contributed by atoms with E-state index in [1.165, 1.54) is 23.0 Å². The van der Waals surface area contributed by atoms with Gasteiger partial charge in [-0.25, -0.2) is 9.37 Å². The number of aromatic nitrogens is 2. The van der Waals surface area contributed by atoms with E-state index in [0.717, 1.165) is 0 Å². The summed E-state index contributed by atoms with van der Waals surface area (Å²) in [6, 6.07) is 3.62. The average Bonchev–Trinajstić information content (AvgIpc) is 3.06. The number of imidazole rings is 1. The van der Waals surface area contributed by atoms with Gasteiger partial charge in [0.05, 0.1) is 24.6 Å². The molecule has 0 unspecified atom stereocenters. The van der Waals surface area contributed by atoms with Crippen LogP contribution in [-0.2, 0) is 9.59 Å². The van der Waals surface area contributed by atoms with Crippen molar-refractivity contribution in [2.24, 2.45) is 11.7 Å². The van der Waals surface area contributed by atoms with E-state index >= 15 is 0 Å². The summed E-state index contributed by atoms with van der Waals surface area (Å²) in [5, 5.41) is 4.97. The minimum Gasteiger partial charge on any atom is -0.346 e. The van der Waals surface area contributed by atoms with Crippen molar-refractivity contribution in [1.29, 1.82) is 0 Å². The fraction of sp³-hybridized carbons (Fsp3) is 0.312. The molecule has 2 aromatic rings. The lowest BCUT2D eigenvalue weighted by molar-refractivity contribution is -0.125. The zero-order chi connectivity index (χ0) is 17.7. The minimum absolute atomic E-state index is 0. The fourth-order valence-corrected chi connectivity index (χ4v) is 1.99. The highest BCUT2D eigenvalue weighted by Gasteiger charge is 2.17. The van der Waals surface area contributed by atoms with E-state index in [4.69, 9.17) is 5.73 Å².